The van der Waals surface area contributed by atoms with Gasteiger partial charge in [0.25, 0.3) is 0 Å². The number of aliphatic hydroxyl groups is 5. The zero-order chi connectivity index (χ0) is 33.2. The molecule has 2 aliphatic rings. The molecule has 6 N–H and O–H groups in total. The number of nitrogens with one attached hydrogen (secondary N) is 1. The summed E-state index contributed by atoms with van der Waals surface area (Å²) in [6.45, 7) is 2.32. The smallest absolute Gasteiger partial charge is 0.227 e. The molecule has 0 saturated carbocycles. The summed E-state index contributed by atoms with van der Waals surface area (Å²) in [5.74, 6) is -0.793. The van der Waals surface area contributed by atoms with Crippen molar-refractivity contribution in [2.45, 2.75) is 62.9 Å². The highest BCUT2D eigenvalue weighted by molar-refractivity contribution is 6.30. The predicted octanol–water partition coefficient (Wildman–Crippen LogP) is 0.900. The number of carbonyl (C=O) groups excluding carboxylic acids is 1. The molecule has 2 aliphatic heterocycles. The molecule has 0 spiro atoms. The lowest BCUT2D eigenvalue weighted by molar-refractivity contribution is -0.129. The van der Waals surface area contributed by atoms with Gasteiger partial charge in [-0.05, 0) is 50.5 Å². The summed E-state index contributed by atoms with van der Waals surface area (Å²) in [4.78, 5) is 25.1. The Morgan fingerprint density at radius 3 is 2.28 bits per heavy atom. The van der Waals surface area contributed by atoms with E-state index in [4.69, 9.17) is 21.4 Å². The Hall–Kier alpha value is -2.72. The Morgan fingerprint density at radius 2 is 1.63 bits per heavy atom. The summed E-state index contributed by atoms with van der Waals surface area (Å²) in [7, 11) is 0. The third-order valence-corrected chi connectivity index (χ3v) is 8.92. The van der Waals surface area contributed by atoms with Gasteiger partial charge in [0.05, 0.1) is 43.2 Å². The monoisotopic (exact) mass is 671 g/mol. The number of anilines is 1. The fraction of sp³-hybridized carbons (Fsp3) is 0.645. The predicted molar refractivity (Wildman–Crippen MR) is 165 cm³/mol. The summed E-state index contributed by atoms with van der Waals surface area (Å²) in [6, 6.07) is 2.23. The molecule has 4 rings (SSSR count). The van der Waals surface area contributed by atoms with Gasteiger partial charge >= 0.3 is 0 Å². The van der Waals surface area contributed by atoms with E-state index in [0.717, 1.165) is 50.9 Å². The van der Waals surface area contributed by atoms with Crippen molar-refractivity contribution < 1.29 is 43.8 Å². The number of aliphatic hydroxyl groups excluding tert-OH is 5. The lowest BCUT2D eigenvalue weighted by atomic mass is 9.92. The molecule has 2 fully saturated rings. The maximum Gasteiger partial charge on any atom is 0.227 e. The van der Waals surface area contributed by atoms with E-state index in [1.807, 2.05) is 0 Å². The molecule has 15 heteroatoms. The van der Waals surface area contributed by atoms with Gasteiger partial charge < -0.3 is 45.4 Å². The molecular formula is C31H44ClF2N5O7. The Balaban J connectivity index is 1.14. The zero-order valence-electron chi connectivity index (χ0n) is 25.6. The Morgan fingerprint density at radius 1 is 1.00 bits per heavy atom. The first-order chi connectivity index (χ1) is 22.0. The second-order valence-corrected chi connectivity index (χ2v) is 12.6. The van der Waals surface area contributed by atoms with Gasteiger partial charge in [0.1, 0.15) is 35.7 Å². The molecule has 256 valence electrons. The van der Waals surface area contributed by atoms with Crippen LogP contribution in [0.2, 0.25) is 5.02 Å². The van der Waals surface area contributed by atoms with Gasteiger partial charge in [-0.3, -0.25) is 4.79 Å². The van der Waals surface area contributed by atoms with E-state index < -0.39 is 55.0 Å². The molecule has 3 heterocycles. The van der Waals surface area contributed by atoms with Crippen LogP contribution in [0, 0.1) is 23.5 Å². The number of ether oxygens (including phenoxy) is 1. The minimum Gasteiger partial charge on any atom is -0.493 e. The number of hydrogen-bond acceptors (Lipinski definition) is 11. The minimum absolute atomic E-state index is 0.0109. The Kier molecular flexibility index (Phi) is 13.7. The molecule has 0 radical (unpaired) electrons. The van der Waals surface area contributed by atoms with Crippen LogP contribution in [-0.4, -0.2) is 123 Å². The van der Waals surface area contributed by atoms with Crippen molar-refractivity contribution in [2.24, 2.45) is 11.8 Å². The lowest BCUT2D eigenvalue weighted by Gasteiger charge is -2.31. The highest BCUT2D eigenvalue weighted by Gasteiger charge is 2.31. The first kappa shape index (κ1) is 36.1. The highest BCUT2D eigenvalue weighted by Crippen LogP contribution is 2.26. The number of nitrogens with zero attached hydrogens (tertiary/aromatic N) is 4. The molecular weight excluding hydrogens is 628 g/mol. The molecule has 1 aromatic heterocycles. The molecule has 12 nitrogen and oxygen atoms in total. The summed E-state index contributed by atoms with van der Waals surface area (Å²) in [6.07, 6.45) is 0.686. The number of aromatic nitrogens is 2. The summed E-state index contributed by atoms with van der Waals surface area (Å²) < 4.78 is 35.3. The lowest BCUT2D eigenvalue weighted by Crippen LogP contribution is -2.49. The summed E-state index contributed by atoms with van der Waals surface area (Å²) in [5.41, 5.74) is -0.309. The van der Waals surface area contributed by atoms with Crippen LogP contribution in [0.15, 0.2) is 24.5 Å². The van der Waals surface area contributed by atoms with E-state index in [1.54, 1.807) is 12.4 Å². The van der Waals surface area contributed by atoms with Gasteiger partial charge in [-0.2, -0.15) is 0 Å². The van der Waals surface area contributed by atoms with Crippen molar-refractivity contribution >= 4 is 23.5 Å². The molecule has 1 aromatic carbocycles. The maximum atomic E-state index is 14.9. The van der Waals surface area contributed by atoms with Gasteiger partial charge in [0.15, 0.2) is 0 Å². The van der Waals surface area contributed by atoms with Crippen molar-refractivity contribution in [2.75, 3.05) is 57.4 Å². The van der Waals surface area contributed by atoms with E-state index in [9.17, 15) is 34.0 Å². The fourth-order valence-corrected chi connectivity index (χ4v) is 5.99. The molecule has 2 aromatic rings. The van der Waals surface area contributed by atoms with Crippen LogP contribution in [0.1, 0.15) is 37.7 Å². The van der Waals surface area contributed by atoms with Gasteiger partial charge in [-0.25, -0.2) is 18.7 Å². The summed E-state index contributed by atoms with van der Waals surface area (Å²) >= 11 is 5.86. The minimum atomic E-state index is -1.71. The van der Waals surface area contributed by atoms with E-state index in [-0.39, 0.29) is 23.8 Å². The molecule has 2 saturated heterocycles. The van der Waals surface area contributed by atoms with Crippen molar-refractivity contribution in [1.82, 2.24) is 20.2 Å². The second-order valence-electron chi connectivity index (χ2n) is 12.1. The van der Waals surface area contributed by atoms with Crippen LogP contribution in [0.25, 0.3) is 0 Å². The van der Waals surface area contributed by atoms with Crippen molar-refractivity contribution in [3.63, 3.8) is 0 Å². The van der Waals surface area contributed by atoms with E-state index in [0.29, 0.717) is 49.6 Å². The molecule has 46 heavy (non-hydrogen) atoms. The number of halogens is 3. The van der Waals surface area contributed by atoms with E-state index in [1.165, 1.54) is 4.90 Å². The van der Waals surface area contributed by atoms with E-state index in [2.05, 4.69) is 20.2 Å². The Bertz CT molecular complexity index is 1240. The number of likely N-dealkylation sites (tertiary alicyclic amines) is 1. The molecule has 1 amide bonds. The van der Waals surface area contributed by atoms with Crippen LogP contribution in [0.5, 0.6) is 5.75 Å². The Labute approximate surface area is 272 Å². The van der Waals surface area contributed by atoms with Gasteiger partial charge in [-0.1, -0.05) is 11.6 Å². The normalized spacial score (nSPS) is 20.0. The quantitative estimate of drug-likeness (QED) is 0.140. The van der Waals surface area contributed by atoms with Crippen molar-refractivity contribution in [3.8, 4) is 5.75 Å². The maximum absolute atomic E-state index is 14.9. The van der Waals surface area contributed by atoms with Crippen LogP contribution in [-0.2, 0) is 11.2 Å². The third-order valence-electron chi connectivity index (χ3n) is 8.72. The number of carbonyl (C=O) groups is 1. The number of amides is 1. The van der Waals surface area contributed by atoms with Crippen molar-refractivity contribution in [1.29, 1.82) is 0 Å². The standard InChI is InChI=1S/C31H44ClF2N5O7/c32-21-14-36-31(37-15-21)38-6-3-19(4-7-38)2-1-9-46-22-10-24(33)23(25(34)11-22)12-28(43)39-8-5-20(17-39)13-35-16-26(41)29(44)30(45)27(42)18-40/h10-11,14-15,19-20,26-27,29-30,35,40-42,44-45H,1-9,12-13,16-18H2/t20-,26?,27?,29?,30?/m0/s1. The second kappa shape index (κ2) is 17.4. The fourth-order valence-electron chi connectivity index (χ4n) is 5.89. The van der Waals surface area contributed by atoms with Crippen LogP contribution >= 0.6 is 11.6 Å². The highest BCUT2D eigenvalue weighted by atomic mass is 35.5. The molecule has 0 bridgehead atoms. The zero-order valence-corrected chi connectivity index (χ0v) is 26.4. The van der Waals surface area contributed by atoms with Gasteiger partial charge in [0, 0.05) is 50.4 Å². The average molecular weight is 672 g/mol. The van der Waals surface area contributed by atoms with Crippen molar-refractivity contribution in [3.05, 3.63) is 46.7 Å². The van der Waals surface area contributed by atoms with Crippen LogP contribution in [0.4, 0.5) is 14.7 Å². The van der Waals surface area contributed by atoms with Gasteiger partial charge in [0.2, 0.25) is 11.9 Å². The number of piperidine rings is 1. The van der Waals surface area contributed by atoms with E-state index >= 15 is 0 Å². The van der Waals surface area contributed by atoms with Crippen LogP contribution < -0.4 is 15.0 Å². The first-order valence-electron chi connectivity index (χ1n) is 15.7. The number of rotatable bonds is 16. The topological polar surface area (TPSA) is 172 Å². The SMILES string of the molecule is O=C(Cc1c(F)cc(OCCCC2CCN(c3ncc(Cl)cn3)CC2)cc1F)N1CC[C@@H](CNCC(O)C(O)C(O)C(O)CO)C1. The largest absolute Gasteiger partial charge is 0.493 e. The average Bonchev–Trinajstić information content (AvgIpc) is 3.53. The van der Waals surface area contributed by atoms with Crippen LogP contribution in [0.3, 0.4) is 0 Å². The van der Waals surface area contributed by atoms with Gasteiger partial charge in [-0.15, -0.1) is 0 Å². The summed E-state index contributed by atoms with van der Waals surface area (Å²) in [5, 5.41) is 51.4. The molecule has 0 aliphatic carbocycles. The third kappa shape index (κ3) is 10.1. The molecule has 4 unspecified atom stereocenters. The number of benzene rings is 1. The number of hydrogen-bond donors (Lipinski definition) is 6. The molecule has 5 atom stereocenters. The first-order valence-corrected chi connectivity index (χ1v) is 16.1.